The van der Waals surface area contributed by atoms with Crippen LogP contribution >= 0.6 is 11.8 Å². The number of carbonyl (C=O) groups excluding carboxylic acids is 1. The molecule has 0 unspecified atom stereocenters. The van der Waals surface area contributed by atoms with E-state index in [-0.39, 0.29) is 0 Å². The van der Waals surface area contributed by atoms with Crippen LogP contribution in [-0.4, -0.2) is 16.1 Å². The summed E-state index contributed by atoms with van der Waals surface area (Å²) in [6.07, 6.45) is 2.63. The summed E-state index contributed by atoms with van der Waals surface area (Å²) in [6.45, 7) is 0. The molecular formula is C7H6N2OS. The highest BCUT2D eigenvalue weighted by Gasteiger charge is 2.07. The fraction of sp³-hybridized carbons (Fsp3) is 0.143. The van der Waals surface area contributed by atoms with E-state index in [9.17, 15) is 4.79 Å². The lowest BCUT2D eigenvalue weighted by molar-refractivity contribution is 0.111. The van der Waals surface area contributed by atoms with Crippen LogP contribution in [0.2, 0.25) is 0 Å². The lowest BCUT2D eigenvalue weighted by Gasteiger charge is -2.03. The highest BCUT2D eigenvalue weighted by atomic mass is 32.2. The molecule has 1 aromatic heterocycles. The second-order valence-corrected chi connectivity index (χ2v) is 3.11. The Kier molecular flexibility index (Phi) is 1.54. The summed E-state index contributed by atoms with van der Waals surface area (Å²) in [7, 11) is 0. The van der Waals surface area contributed by atoms with Crippen LogP contribution in [0.3, 0.4) is 0 Å². The Morgan fingerprint density at radius 2 is 2.64 bits per heavy atom. The monoisotopic (exact) mass is 166 g/mol. The molecule has 3 nitrogen and oxygen atoms in total. The van der Waals surface area contributed by atoms with E-state index in [2.05, 4.69) is 5.10 Å². The van der Waals surface area contributed by atoms with Gasteiger partial charge in [-0.05, 0) is 11.5 Å². The molecule has 0 amide bonds. The minimum Gasteiger partial charge on any atom is -0.296 e. The number of hydrogen-bond acceptors (Lipinski definition) is 3. The molecule has 4 heteroatoms. The first-order valence-electron chi connectivity index (χ1n) is 3.22. The first kappa shape index (κ1) is 6.67. The van der Waals surface area contributed by atoms with Gasteiger partial charge in [-0.2, -0.15) is 5.10 Å². The van der Waals surface area contributed by atoms with Gasteiger partial charge in [0.1, 0.15) is 5.69 Å². The number of nitrogens with zero attached hydrogens (tertiary/aromatic N) is 2. The van der Waals surface area contributed by atoms with Gasteiger partial charge in [-0.3, -0.25) is 4.79 Å². The fourth-order valence-electron chi connectivity index (χ4n) is 0.983. The average molecular weight is 166 g/mol. The van der Waals surface area contributed by atoms with Gasteiger partial charge in [0.05, 0.1) is 5.69 Å². The molecule has 0 fully saturated rings. The van der Waals surface area contributed by atoms with E-state index in [1.807, 2.05) is 17.7 Å². The Bertz CT molecular complexity index is 316. The van der Waals surface area contributed by atoms with E-state index < -0.39 is 0 Å². The molecule has 0 aromatic carbocycles. The molecule has 0 saturated carbocycles. The second-order valence-electron chi connectivity index (χ2n) is 2.22. The normalized spacial score (nSPS) is 14.5. The van der Waals surface area contributed by atoms with Crippen LogP contribution in [-0.2, 0) is 5.75 Å². The molecule has 1 aliphatic heterocycles. The van der Waals surface area contributed by atoms with E-state index in [0.29, 0.717) is 5.69 Å². The molecule has 0 saturated heterocycles. The third-order valence-corrected chi connectivity index (χ3v) is 2.26. The van der Waals surface area contributed by atoms with Crippen LogP contribution in [0, 0.1) is 0 Å². The van der Waals surface area contributed by atoms with Crippen molar-refractivity contribution >= 4 is 24.2 Å². The molecule has 2 heterocycles. The highest BCUT2D eigenvalue weighted by molar-refractivity contribution is 8.01. The van der Waals surface area contributed by atoms with Crippen LogP contribution in [0.25, 0.3) is 6.20 Å². The van der Waals surface area contributed by atoms with Gasteiger partial charge in [-0.15, -0.1) is 11.8 Å². The van der Waals surface area contributed by atoms with Crippen molar-refractivity contribution in [1.29, 1.82) is 0 Å². The fourth-order valence-corrected chi connectivity index (χ4v) is 1.67. The molecule has 11 heavy (non-hydrogen) atoms. The summed E-state index contributed by atoms with van der Waals surface area (Å²) in [6, 6.07) is 1.81. The van der Waals surface area contributed by atoms with Crippen LogP contribution in [0.5, 0.6) is 0 Å². The van der Waals surface area contributed by atoms with Crippen molar-refractivity contribution in [3.05, 3.63) is 22.9 Å². The summed E-state index contributed by atoms with van der Waals surface area (Å²) in [4.78, 5) is 10.3. The van der Waals surface area contributed by atoms with Crippen molar-refractivity contribution in [2.45, 2.75) is 5.75 Å². The summed E-state index contributed by atoms with van der Waals surface area (Å²) >= 11 is 1.70. The van der Waals surface area contributed by atoms with Crippen LogP contribution in [0.15, 0.2) is 11.5 Å². The maximum atomic E-state index is 10.3. The molecule has 0 N–H and O–H groups in total. The Labute approximate surface area is 68.1 Å². The molecule has 0 atom stereocenters. The Balaban J connectivity index is 2.49. The summed E-state index contributed by atoms with van der Waals surface area (Å²) < 4.78 is 1.74. The molecule has 0 radical (unpaired) electrons. The summed E-state index contributed by atoms with van der Waals surface area (Å²) in [5, 5.41) is 5.98. The third kappa shape index (κ3) is 1.09. The number of carbonyl (C=O) groups is 1. The maximum absolute atomic E-state index is 10.3. The van der Waals surface area contributed by atoms with Crippen LogP contribution in [0.4, 0.5) is 0 Å². The number of fused-ring (bicyclic) bond motifs is 1. The van der Waals surface area contributed by atoms with Gasteiger partial charge in [0.2, 0.25) is 0 Å². The molecular weight excluding hydrogens is 160 g/mol. The van der Waals surface area contributed by atoms with Gasteiger partial charge in [0, 0.05) is 12.0 Å². The zero-order chi connectivity index (χ0) is 7.68. The Hall–Kier alpha value is -1.03. The Morgan fingerprint density at radius 3 is 3.36 bits per heavy atom. The smallest absolute Gasteiger partial charge is 0.170 e. The third-order valence-electron chi connectivity index (χ3n) is 1.48. The van der Waals surface area contributed by atoms with Gasteiger partial charge < -0.3 is 0 Å². The van der Waals surface area contributed by atoms with E-state index in [4.69, 9.17) is 0 Å². The lowest BCUT2D eigenvalue weighted by atomic mass is 10.4. The molecule has 0 aliphatic carbocycles. The largest absolute Gasteiger partial charge is 0.296 e. The van der Waals surface area contributed by atoms with Gasteiger partial charge in [-0.25, -0.2) is 4.68 Å². The van der Waals surface area contributed by atoms with E-state index in [1.165, 1.54) is 0 Å². The van der Waals surface area contributed by atoms with Crippen molar-refractivity contribution in [3.63, 3.8) is 0 Å². The van der Waals surface area contributed by atoms with E-state index in [1.54, 1.807) is 16.4 Å². The molecule has 56 valence electrons. The molecule has 2 rings (SSSR count). The van der Waals surface area contributed by atoms with Crippen molar-refractivity contribution < 1.29 is 4.79 Å². The predicted molar refractivity (Wildman–Crippen MR) is 44.2 cm³/mol. The molecule has 1 aliphatic rings. The number of aromatic nitrogens is 2. The predicted octanol–water partition coefficient (Wildman–Crippen LogP) is 1.37. The summed E-state index contributed by atoms with van der Waals surface area (Å²) in [5.41, 5.74) is 1.59. The molecule has 0 spiro atoms. The molecule has 1 aromatic rings. The number of rotatable bonds is 1. The molecule has 0 bridgehead atoms. The zero-order valence-corrected chi connectivity index (χ0v) is 6.54. The lowest BCUT2D eigenvalue weighted by Crippen LogP contribution is -1.97. The second kappa shape index (κ2) is 2.54. The van der Waals surface area contributed by atoms with Gasteiger partial charge in [-0.1, -0.05) is 0 Å². The Morgan fingerprint density at radius 1 is 1.73 bits per heavy atom. The van der Waals surface area contributed by atoms with Gasteiger partial charge in [0.15, 0.2) is 6.29 Å². The van der Waals surface area contributed by atoms with Crippen molar-refractivity contribution in [2.24, 2.45) is 0 Å². The average Bonchev–Trinajstić information content (AvgIpc) is 2.46. The number of hydrogen-bond donors (Lipinski definition) is 0. The topological polar surface area (TPSA) is 34.9 Å². The van der Waals surface area contributed by atoms with Crippen LogP contribution in [0.1, 0.15) is 16.2 Å². The maximum Gasteiger partial charge on any atom is 0.170 e. The standard InChI is InChI=1S/C7H6N2OS/c10-4-6-3-7-5-11-2-1-9(7)8-6/h1-4H,5H2. The quantitative estimate of drug-likeness (QED) is 0.591. The highest BCUT2D eigenvalue weighted by Crippen LogP contribution is 2.19. The SMILES string of the molecule is O=Cc1cc2n(n1)C=CSC2. The number of aldehydes is 1. The van der Waals surface area contributed by atoms with Gasteiger partial charge in [0.25, 0.3) is 0 Å². The van der Waals surface area contributed by atoms with Crippen molar-refractivity contribution in [2.75, 3.05) is 0 Å². The van der Waals surface area contributed by atoms with Crippen LogP contribution < -0.4 is 0 Å². The van der Waals surface area contributed by atoms with E-state index in [0.717, 1.165) is 17.7 Å². The first-order chi connectivity index (χ1) is 5.40. The van der Waals surface area contributed by atoms with Gasteiger partial charge >= 0.3 is 0 Å². The zero-order valence-electron chi connectivity index (χ0n) is 5.73. The minimum atomic E-state index is 0.507. The van der Waals surface area contributed by atoms with E-state index >= 15 is 0 Å². The van der Waals surface area contributed by atoms with Crippen molar-refractivity contribution in [1.82, 2.24) is 9.78 Å². The summed E-state index contributed by atoms with van der Waals surface area (Å²) in [5.74, 6) is 0.900. The first-order valence-corrected chi connectivity index (χ1v) is 4.27. The van der Waals surface area contributed by atoms with Crippen molar-refractivity contribution in [3.8, 4) is 0 Å². The minimum absolute atomic E-state index is 0.507. The number of thioether (sulfide) groups is 1.